The van der Waals surface area contributed by atoms with Crippen LogP contribution in [0.2, 0.25) is 0 Å². The van der Waals surface area contributed by atoms with Crippen molar-refractivity contribution in [1.29, 1.82) is 0 Å². The van der Waals surface area contributed by atoms with Gasteiger partial charge >= 0.3 is 0 Å². The highest BCUT2D eigenvalue weighted by Gasteiger charge is 2.20. The third-order valence-electron chi connectivity index (χ3n) is 4.17. The largest absolute Gasteiger partial charge is 0.369 e. The molecule has 1 aliphatic heterocycles. The lowest BCUT2D eigenvalue weighted by atomic mass is 10.2. The lowest BCUT2D eigenvalue weighted by Crippen LogP contribution is -2.33. The second-order valence-electron chi connectivity index (χ2n) is 5.56. The molecular formula is C18H19N2S3+. The normalized spacial score (nSPS) is 17.5. The standard InChI is InChI=1S/C18H19N2S3/c1-3-20-17(6-4-5-16-19(2)10-12-22-16)23-15-8-7-14-13(18(15)20)9-11-21-14/h4-9,11H,3,10,12H2,1-2H3/q+1. The Bertz CT molecular complexity index is 917. The fourth-order valence-electron chi connectivity index (χ4n) is 2.98. The lowest BCUT2D eigenvalue weighted by Gasteiger charge is -2.09. The van der Waals surface area contributed by atoms with E-state index in [4.69, 9.17) is 0 Å². The Kier molecular flexibility index (Phi) is 4.18. The summed E-state index contributed by atoms with van der Waals surface area (Å²) in [6, 6.07) is 6.76. The number of thiazole rings is 1. The van der Waals surface area contributed by atoms with Gasteiger partial charge in [0.2, 0.25) is 5.52 Å². The maximum Gasteiger partial charge on any atom is 0.262 e. The summed E-state index contributed by atoms with van der Waals surface area (Å²) < 4.78 is 5.19. The van der Waals surface area contributed by atoms with E-state index in [2.05, 4.69) is 65.2 Å². The van der Waals surface area contributed by atoms with Gasteiger partial charge in [0.15, 0.2) is 0 Å². The number of thioether (sulfide) groups is 1. The van der Waals surface area contributed by atoms with Crippen molar-refractivity contribution in [3.63, 3.8) is 0 Å². The number of rotatable bonds is 3. The predicted molar refractivity (Wildman–Crippen MR) is 105 cm³/mol. The van der Waals surface area contributed by atoms with Crippen LogP contribution in [0.5, 0.6) is 0 Å². The molecule has 3 aromatic rings. The van der Waals surface area contributed by atoms with E-state index in [-0.39, 0.29) is 0 Å². The zero-order valence-electron chi connectivity index (χ0n) is 13.3. The summed E-state index contributed by atoms with van der Waals surface area (Å²) in [5.74, 6) is 1.20. The summed E-state index contributed by atoms with van der Waals surface area (Å²) >= 11 is 5.64. The van der Waals surface area contributed by atoms with Crippen molar-refractivity contribution in [2.45, 2.75) is 13.5 Å². The monoisotopic (exact) mass is 359 g/mol. The van der Waals surface area contributed by atoms with Crippen LogP contribution < -0.4 is 4.57 Å². The van der Waals surface area contributed by atoms with E-state index in [1.54, 1.807) is 0 Å². The van der Waals surface area contributed by atoms with Gasteiger partial charge in [-0.2, -0.15) is 4.57 Å². The lowest BCUT2D eigenvalue weighted by molar-refractivity contribution is -0.664. The van der Waals surface area contributed by atoms with Gasteiger partial charge in [-0.15, -0.1) is 23.1 Å². The number of fused-ring (bicyclic) bond motifs is 3. The van der Waals surface area contributed by atoms with Crippen molar-refractivity contribution in [3.8, 4) is 0 Å². The van der Waals surface area contributed by atoms with Crippen molar-refractivity contribution < 1.29 is 4.57 Å². The topological polar surface area (TPSA) is 7.12 Å². The first kappa shape index (κ1) is 15.2. The molecule has 4 rings (SSSR count). The average molecular weight is 360 g/mol. The van der Waals surface area contributed by atoms with Crippen molar-refractivity contribution >= 4 is 60.8 Å². The maximum absolute atomic E-state index is 2.44. The van der Waals surface area contributed by atoms with Gasteiger partial charge < -0.3 is 4.90 Å². The smallest absolute Gasteiger partial charge is 0.262 e. The summed E-state index contributed by atoms with van der Waals surface area (Å²) in [6.45, 7) is 4.38. The van der Waals surface area contributed by atoms with Crippen molar-refractivity contribution in [3.05, 3.63) is 45.8 Å². The molecule has 2 aromatic heterocycles. The summed E-state index contributed by atoms with van der Waals surface area (Å²) in [6.07, 6.45) is 6.69. The van der Waals surface area contributed by atoms with E-state index in [0.29, 0.717) is 0 Å². The van der Waals surface area contributed by atoms with Crippen LogP contribution in [-0.4, -0.2) is 24.2 Å². The second-order valence-corrected chi connectivity index (χ2v) is 8.69. The number of benzene rings is 1. The molecule has 118 valence electrons. The molecule has 1 saturated heterocycles. The Labute approximate surface area is 148 Å². The minimum atomic E-state index is 1.000. The van der Waals surface area contributed by atoms with E-state index in [9.17, 15) is 0 Å². The van der Waals surface area contributed by atoms with Gasteiger partial charge in [-0.05, 0) is 36.6 Å². The summed E-state index contributed by atoms with van der Waals surface area (Å²) in [4.78, 5) is 2.32. The molecule has 0 spiro atoms. The highest BCUT2D eigenvalue weighted by atomic mass is 32.2. The molecule has 0 N–H and O–H groups in total. The Hall–Kier alpha value is -1.30. The molecular weight excluding hydrogens is 340 g/mol. The quantitative estimate of drug-likeness (QED) is 0.610. The molecule has 0 saturated carbocycles. The molecule has 0 amide bonds. The fourth-order valence-corrected chi connectivity index (χ4v) is 5.99. The van der Waals surface area contributed by atoms with Gasteiger partial charge in [0, 0.05) is 30.1 Å². The Morgan fingerprint density at radius 1 is 1.26 bits per heavy atom. The summed E-state index contributed by atoms with van der Waals surface area (Å²) in [7, 11) is 2.17. The molecule has 1 aromatic carbocycles. The number of hydrogen-bond donors (Lipinski definition) is 0. The van der Waals surface area contributed by atoms with Gasteiger partial charge in [-0.3, -0.25) is 0 Å². The van der Waals surface area contributed by atoms with Crippen LogP contribution >= 0.6 is 34.4 Å². The Balaban J connectivity index is 1.77. The van der Waals surface area contributed by atoms with Crippen molar-refractivity contribution in [1.82, 2.24) is 4.90 Å². The molecule has 3 heterocycles. The van der Waals surface area contributed by atoms with Gasteiger partial charge in [0.25, 0.3) is 5.01 Å². The molecule has 2 nitrogen and oxygen atoms in total. The first-order chi connectivity index (χ1) is 11.3. The molecule has 0 radical (unpaired) electrons. The average Bonchev–Trinajstić information content (AvgIpc) is 3.24. The molecule has 1 aliphatic rings. The highest BCUT2D eigenvalue weighted by molar-refractivity contribution is 8.03. The third kappa shape index (κ3) is 2.71. The van der Waals surface area contributed by atoms with Gasteiger partial charge in [-0.25, -0.2) is 0 Å². The maximum atomic E-state index is 2.44. The predicted octanol–water partition coefficient (Wildman–Crippen LogP) is 4.96. The van der Waals surface area contributed by atoms with Crippen LogP contribution in [0.3, 0.4) is 0 Å². The number of hydrogen-bond acceptors (Lipinski definition) is 4. The zero-order chi connectivity index (χ0) is 15.8. The number of aromatic nitrogens is 1. The minimum absolute atomic E-state index is 1.000. The van der Waals surface area contributed by atoms with E-state index >= 15 is 0 Å². The number of allylic oxidation sites excluding steroid dienone is 2. The van der Waals surface area contributed by atoms with Gasteiger partial charge in [0.1, 0.15) is 11.2 Å². The van der Waals surface area contributed by atoms with E-state index in [1.165, 1.54) is 36.1 Å². The van der Waals surface area contributed by atoms with Crippen LogP contribution in [0.15, 0.2) is 40.8 Å². The van der Waals surface area contributed by atoms with Crippen LogP contribution in [-0.2, 0) is 6.54 Å². The molecule has 0 bridgehead atoms. The van der Waals surface area contributed by atoms with Crippen molar-refractivity contribution in [2.75, 3.05) is 19.3 Å². The Morgan fingerprint density at radius 2 is 2.13 bits per heavy atom. The van der Waals surface area contributed by atoms with E-state index in [1.807, 2.05) is 34.4 Å². The SMILES string of the molecule is CC[n+]1c(/C=C/C=C2/SCCN2C)sc2ccc3sccc3c21. The number of aryl methyl sites for hydroxylation is 1. The van der Waals surface area contributed by atoms with Crippen LogP contribution in [0.1, 0.15) is 11.9 Å². The molecule has 0 unspecified atom stereocenters. The first-order valence-corrected chi connectivity index (χ1v) is 10.5. The number of thiophene rings is 1. The third-order valence-corrected chi connectivity index (χ3v) is 7.29. The minimum Gasteiger partial charge on any atom is -0.369 e. The molecule has 1 fully saturated rings. The molecule has 0 atom stereocenters. The van der Waals surface area contributed by atoms with Gasteiger partial charge in [0.05, 0.1) is 10.4 Å². The van der Waals surface area contributed by atoms with Gasteiger partial charge in [-0.1, -0.05) is 17.4 Å². The molecule has 0 aliphatic carbocycles. The molecule has 5 heteroatoms. The highest BCUT2D eigenvalue weighted by Crippen LogP contribution is 2.31. The van der Waals surface area contributed by atoms with Crippen LogP contribution in [0, 0.1) is 0 Å². The van der Waals surface area contributed by atoms with Crippen molar-refractivity contribution in [2.24, 2.45) is 0 Å². The zero-order valence-corrected chi connectivity index (χ0v) is 15.7. The Morgan fingerprint density at radius 3 is 2.91 bits per heavy atom. The van der Waals surface area contributed by atoms with E-state index < -0.39 is 0 Å². The second kappa shape index (κ2) is 6.30. The van der Waals surface area contributed by atoms with E-state index in [0.717, 1.165) is 13.1 Å². The number of nitrogens with zero attached hydrogens (tertiary/aromatic N) is 2. The molecule has 23 heavy (non-hydrogen) atoms. The summed E-state index contributed by atoms with van der Waals surface area (Å²) in [5.41, 5.74) is 1.39. The first-order valence-electron chi connectivity index (χ1n) is 7.83. The van der Waals surface area contributed by atoms with Crippen LogP contribution in [0.25, 0.3) is 26.4 Å². The van der Waals surface area contributed by atoms with Crippen LogP contribution in [0.4, 0.5) is 0 Å². The fraction of sp³-hybridized carbons (Fsp3) is 0.278. The summed E-state index contributed by atoms with van der Waals surface area (Å²) in [5, 5.41) is 6.26.